The molecule has 0 atom stereocenters. The van der Waals surface area contributed by atoms with Crippen LogP contribution >= 0.6 is 0 Å². The Morgan fingerprint density at radius 1 is 0.405 bits per heavy atom. The van der Waals surface area contributed by atoms with Crippen LogP contribution in [0.5, 0.6) is 0 Å². The Bertz CT molecular complexity index is 2180. The third-order valence-electron chi connectivity index (χ3n) is 8.05. The molecule has 1 heterocycles. The lowest BCUT2D eigenvalue weighted by Gasteiger charge is -2.28. The van der Waals surface area contributed by atoms with Gasteiger partial charge in [0, 0.05) is 33.1 Å². The van der Waals surface area contributed by atoms with Crippen LogP contribution < -0.4 is 4.90 Å². The normalized spacial score (nSPS) is 11.3. The number of fused-ring (bicyclic) bond motifs is 5. The molecule has 0 spiro atoms. The zero-order valence-corrected chi connectivity index (χ0v) is 22.9. The molecular formula is C40H27NO. The Kier molecular flexibility index (Phi) is 5.82. The summed E-state index contributed by atoms with van der Waals surface area (Å²) in [5.74, 6) is 0. The van der Waals surface area contributed by atoms with Gasteiger partial charge in [-0.25, -0.2) is 0 Å². The molecule has 8 aromatic rings. The van der Waals surface area contributed by atoms with E-state index in [-0.39, 0.29) is 0 Å². The van der Waals surface area contributed by atoms with Crippen molar-refractivity contribution >= 4 is 49.8 Å². The van der Waals surface area contributed by atoms with E-state index in [9.17, 15) is 0 Å². The molecule has 0 aliphatic rings. The van der Waals surface area contributed by atoms with Gasteiger partial charge in [0.25, 0.3) is 0 Å². The molecule has 1 aromatic heterocycles. The number of para-hydroxylation sites is 2. The molecular weight excluding hydrogens is 510 g/mol. The Hall–Kier alpha value is -5.60. The number of hydrogen-bond donors (Lipinski definition) is 0. The van der Waals surface area contributed by atoms with Crippen molar-refractivity contribution in [3.63, 3.8) is 0 Å². The van der Waals surface area contributed by atoms with Crippen molar-refractivity contribution in [3.8, 4) is 22.3 Å². The summed E-state index contributed by atoms with van der Waals surface area (Å²) in [6.07, 6.45) is 0. The lowest BCUT2D eigenvalue weighted by molar-refractivity contribution is 0.672. The second kappa shape index (κ2) is 10.1. The van der Waals surface area contributed by atoms with Gasteiger partial charge < -0.3 is 9.32 Å². The summed E-state index contributed by atoms with van der Waals surface area (Å²) in [6, 6.07) is 58.0. The monoisotopic (exact) mass is 537 g/mol. The standard InChI is InChI=1S/C40H27NO/c1-4-12-28(13-5-1)30-21-25-38(37(27-30)29-14-6-2-7-15-29)41(32-16-8-3-9-17-32)33-22-24-34-31(26-33)20-23-36-35-18-10-11-19-39(35)42-40(34)36/h1-27H. The maximum absolute atomic E-state index is 6.35. The predicted molar refractivity (Wildman–Crippen MR) is 177 cm³/mol. The first-order valence-electron chi connectivity index (χ1n) is 14.3. The van der Waals surface area contributed by atoms with Crippen LogP contribution in [0.15, 0.2) is 168 Å². The summed E-state index contributed by atoms with van der Waals surface area (Å²) in [7, 11) is 0. The van der Waals surface area contributed by atoms with Crippen LogP contribution in [0.3, 0.4) is 0 Å². The lowest BCUT2D eigenvalue weighted by Crippen LogP contribution is -2.11. The molecule has 0 radical (unpaired) electrons. The van der Waals surface area contributed by atoms with Crippen LogP contribution in [-0.4, -0.2) is 0 Å². The third-order valence-corrected chi connectivity index (χ3v) is 8.05. The molecule has 0 aliphatic carbocycles. The maximum atomic E-state index is 6.35. The number of anilines is 3. The third kappa shape index (κ3) is 4.13. The van der Waals surface area contributed by atoms with Crippen molar-refractivity contribution in [2.75, 3.05) is 4.90 Å². The van der Waals surface area contributed by atoms with Gasteiger partial charge in [-0.3, -0.25) is 0 Å². The van der Waals surface area contributed by atoms with Crippen LogP contribution in [0.25, 0.3) is 55.0 Å². The molecule has 0 saturated carbocycles. The van der Waals surface area contributed by atoms with Gasteiger partial charge in [-0.05, 0) is 76.7 Å². The first-order valence-corrected chi connectivity index (χ1v) is 14.3. The molecule has 7 aromatic carbocycles. The first kappa shape index (κ1) is 24.2. The van der Waals surface area contributed by atoms with Crippen LogP contribution in [0.1, 0.15) is 0 Å². The van der Waals surface area contributed by atoms with Crippen molar-refractivity contribution in [2.24, 2.45) is 0 Å². The SMILES string of the molecule is c1ccc(-c2ccc(N(c3ccccc3)c3ccc4c(ccc5c6ccccc6oc45)c3)c(-c3ccccc3)c2)cc1. The number of benzene rings is 7. The summed E-state index contributed by atoms with van der Waals surface area (Å²) >= 11 is 0. The van der Waals surface area contributed by atoms with Crippen LogP contribution in [-0.2, 0) is 0 Å². The molecule has 8 rings (SSSR count). The van der Waals surface area contributed by atoms with E-state index < -0.39 is 0 Å². The average Bonchev–Trinajstić information content (AvgIpc) is 3.45. The minimum Gasteiger partial charge on any atom is -0.455 e. The summed E-state index contributed by atoms with van der Waals surface area (Å²) in [6.45, 7) is 0. The summed E-state index contributed by atoms with van der Waals surface area (Å²) in [5.41, 5.74) is 9.91. The number of hydrogen-bond acceptors (Lipinski definition) is 2. The van der Waals surface area contributed by atoms with Gasteiger partial charge in [-0.15, -0.1) is 0 Å². The highest BCUT2D eigenvalue weighted by Gasteiger charge is 2.19. The molecule has 0 aliphatic heterocycles. The van der Waals surface area contributed by atoms with E-state index in [4.69, 9.17) is 4.42 Å². The van der Waals surface area contributed by atoms with Crippen molar-refractivity contribution in [3.05, 3.63) is 164 Å². The second-order valence-electron chi connectivity index (χ2n) is 10.6. The molecule has 42 heavy (non-hydrogen) atoms. The van der Waals surface area contributed by atoms with Gasteiger partial charge in [0.15, 0.2) is 0 Å². The maximum Gasteiger partial charge on any atom is 0.143 e. The van der Waals surface area contributed by atoms with Crippen LogP contribution in [0, 0.1) is 0 Å². The van der Waals surface area contributed by atoms with Crippen molar-refractivity contribution in [1.82, 2.24) is 0 Å². The minimum atomic E-state index is 0.918. The fraction of sp³-hybridized carbons (Fsp3) is 0. The Morgan fingerprint density at radius 2 is 1.07 bits per heavy atom. The quantitative estimate of drug-likeness (QED) is 0.217. The topological polar surface area (TPSA) is 16.4 Å². The molecule has 0 saturated heterocycles. The van der Waals surface area contributed by atoms with Gasteiger partial charge in [0.1, 0.15) is 11.2 Å². The van der Waals surface area contributed by atoms with Crippen molar-refractivity contribution in [2.45, 2.75) is 0 Å². The molecule has 0 amide bonds. The van der Waals surface area contributed by atoms with Crippen LogP contribution in [0.4, 0.5) is 17.1 Å². The Morgan fingerprint density at radius 3 is 1.86 bits per heavy atom. The van der Waals surface area contributed by atoms with Gasteiger partial charge in [-0.2, -0.15) is 0 Å². The highest BCUT2D eigenvalue weighted by molar-refractivity contribution is 6.15. The molecule has 0 bridgehead atoms. The number of nitrogens with zero attached hydrogens (tertiary/aromatic N) is 1. The fourth-order valence-corrected chi connectivity index (χ4v) is 6.03. The first-order chi connectivity index (χ1) is 20.8. The summed E-state index contributed by atoms with van der Waals surface area (Å²) in [5, 5.41) is 4.55. The minimum absolute atomic E-state index is 0.918. The molecule has 2 heteroatoms. The van der Waals surface area contributed by atoms with E-state index in [1.807, 2.05) is 12.1 Å². The molecule has 198 valence electrons. The molecule has 2 nitrogen and oxygen atoms in total. The van der Waals surface area contributed by atoms with Gasteiger partial charge >= 0.3 is 0 Å². The van der Waals surface area contributed by atoms with E-state index >= 15 is 0 Å². The number of rotatable bonds is 5. The molecule has 0 fully saturated rings. The van der Waals surface area contributed by atoms with Gasteiger partial charge in [0.2, 0.25) is 0 Å². The zero-order chi connectivity index (χ0) is 27.9. The van der Waals surface area contributed by atoms with Gasteiger partial charge in [-0.1, -0.05) is 109 Å². The summed E-state index contributed by atoms with van der Waals surface area (Å²) < 4.78 is 6.35. The smallest absolute Gasteiger partial charge is 0.143 e. The second-order valence-corrected chi connectivity index (χ2v) is 10.6. The highest BCUT2D eigenvalue weighted by Crippen LogP contribution is 2.44. The van der Waals surface area contributed by atoms with E-state index in [0.29, 0.717) is 0 Å². The zero-order valence-electron chi connectivity index (χ0n) is 22.9. The van der Waals surface area contributed by atoms with Crippen LogP contribution in [0.2, 0.25) is 0 Å². The summed E-state index contributed by atoms with van der Waals surface area (Å²) in [4.78, 5) is 2.36. The van der Waals surface area contributed by atoms with E-state index in [1.54, 1.807) is 0 Å². The van der Waals surface area contributed by atoms with Gasteiger partial charge in [0.05, 0.1) is 5.69 Å². The van der Waals surface area contributed by atoms with Crippen molar-refractivity contribution in [1.29, 1.82) is 0 Å². The number of furan rings is 1. The van der Waals surface area contributed by atoms with E-state index in [0.717, 1.165) is 49.8 Å². The Balaban J connectivity index is 1.35. The largest absolute Gasteiger partial charge is 0.455 e. The van der Waals surface area contributed by atoms with E-state index in [2.05, 4.69) is 157 Å². The Labute approximate surface area is 244 Å². The van der Waals surface area contributed by atoms with Crippen molar-refractivity contribution < 1.29 is 4.42 Å². The predicted octanol–water partition coefficient (Wildman–Crippen LogP) is 11.5. The lowest BCUT2D eigenvalue weighted by atomic mass is 9.96. The average molecular weight is 538 g/mol. The molecule has 0 N–H and O–H groups in total. The fourth-order valence-electron chi connectivity index (χ4n) is 6.03. The van der Waals surface area contributed by atoms with E-state index in [1.165, 1.54) is 22.3 Å². The highest BCUT2D eigenvalue weighted by atomic mass is 16.3. The molecule has 0 unspecified atom stereocenters.